The summed E-state index contributed by atoms with van der Waals surface area (Å²) in [6.07, 6.45) is 7.23. The highest BCUT2D eigenvalue weighted by molar-refractivity contribution is 5.79. The van der Waals surface area contributed by atoms with Crippen molar-refractivity contribution >= 4 is 11.8 Å². The van der Waals surface area contributed by atoms with Crippen LogP contribution in [0.15, 0.2) is 36.9 Å². The van der Waals surface area contributed by atoms with E-state index in [1.54, 1.807) is 12.4 Å². The molecular formula is C17H17N7. The molecule has 120 valence electrons. The van der Waals surface area contributed by atoms with Gasteiger partial charge in [0.2, 0.25) is 5.95 Å². The van der Waals surface area contributed by atoms with Crippen molar-refractivity contribution in [1.82, 2.24) is 19.5 Å². The Labute approximate surface area is 139 Å². The number of hydrogen-bond donors (Lipinski definition) is 2. The van der Waals surface area contributed by atoms with Crippen molar-refractivity contribution in [3.05, 3.63) is 42.5 Å². The van der Waals surface area contributed by atoms with Crippen LogP contribution >= 0.6 is 0 Å². The van der Waals surface area contributed by atoms with Crippen molar-refractivity contribution in [1.29, 1.82) is 5.26 Å². The van der Waals surface area contributed by atoms with Crippen molar-refractivity contribution in [3.63, 3.8) is 0 Å². The van der Waals surface area contributed by atoms with E-state index in [4.69, 9.17) is 5.73 Å². The molecule has 3 N–H and O–H groups in total. The number of anilines is 2. The second-order valence-electron chi connectivity index (χ2n) is 5.32. The molecule has 3 aromatic rings. The number of aryl methyl sites for hydroxylation is 1. The van der Waals surface area contributed by atoms with Crippen LogP contribution < -0.4 is 11.1 Å². The molecule has 0 aliphatic heterocycles. The molecule has 0 aromatic carbocycles. The Morgan fingerprint density at radius 3 is 2.62 bits per heavy atom. The molecule has 3 rings (SSSR count). The Balaban J connectivity index is 2.11. The highest BCUT2D eigenvalue weighted by Crippen LogP contribution is 2.30. The van der Waals surface area contributed by atoms with Crippen LogP contribution in [-0.4, -0.2) is 26.1 Å². The van der Waals surface area contributed by atoms with Gasteiger partial charge in [0.1, 0.15) is 17.5 Å². The van der Waals surface area contributed by atoms with Gasteiger partial charge in [-0.25, -0.2) is 15.0 Å². The quantitative estimate of drug-likeness (QED) is 0.765. The van der Waals surface area contributed by atoms with Crippen LogP contribution in [0.5, 0.6) is 0 Å². The summed E-state index contributed by atoms with van der Waals surface area (Å²) >= 11 is 0. The van der Waals surface area contributed by atoms with Gasteiger partial charge in [-0.1, -0.05) is 0 Å². The third kappa shape index (κ3) is 2.90. The molecule has 0 aliphatic rings. The zero-order valence-corrected chi connectivity index (χ0v) is 13.5. The predicted octanol–water partition coefficient (Wildman–Crippen LogP) is 2.43. The number of pyridine rings is 1. The van der Waals surface area contributed by atoms with Gasteiger partial charge in [-0.05, 0) is 19.1 Å². The molecule has 0 saturated carbocycles. The van der Waals surface area contributed by atoms with Crippen LogP contribution in [0.1, 0.15) is 12.5 Å². The van der Waals surface area contributed by atoms with Crippen LogP contribution in [-0.2, 0) is 7.05 Å². The first-order chi connectivity index (χ1) is 11.6. The van der Waals surface area contributed by atoms with Gasteiger partial charge in [0.15, 0.2) is 0 Å². The first-order valence-electron chi connectivity index (χ1n) is 7.51. The first-order valence-corrected chi connectivity index (χ1v) is 7.51. The van der Waals surface area contributed by atoms with E-state index in [0.29, 0.717) is 22.8 Å². The van der Waals surface area contributed by atoms with Gasteiger partial charge in [-0.15, -0.1) is 0 Å². The zero-order valence-electron chi connectivity index (χ0n) is 13.5. The average Bonchev–Trinajstić information content (AvgIpc) is 3.02. The SMILES string of the molecule is CCNc1ncc(-c2cc(-c3ccn(C)c3)nc(N)c2C#N)cn1. The van der Waals surface area contributed by atoms with Gasteiger partial charge in [-0.2, -0.15) is 5.26 Å². The van der Waals surface area contributed by atoms with E-state index in [9.17, 15) is 5.26 Å². The van der Waals surface area contributed by atoms with Crippen LogP contribution in [0, 0.1) is 11.3 Å². The molecule has 0 unspecified atom stereocenters. The number of nitrogens with zero attached hydrogens (tertiary/aromatic N) is 5. The van der Waals surface area contributed by atoms with Crippen molar-refractivity contribution in [3.8, 4) is 28.5 Å². The molecule has 7 nitrogen and oxygen atoms in total. The lowest BCUT2D eigenvalue weighted by Crippen LogP contribution is -2.03. The summed E-state index contributed by atoms with van der Waals surface area (Å²) in [7, 11) is 1.94. The van der Waals surface area contributed by atoms with Gasteiger partial charge in [0.25, 0.3) is 0 Å². The fourth-order valence-electron chi connectivity index (χ4n) is 2.43. The van der Waals surface area contributed by atoms with Crippen LogP contribution in [0.3, 0.4) is 0 Å². The zero-order chi connectivity index (χ0) is 17.1. The lowest BCUT2D eigenvalue weighted by molar-refractivity contribution is 0.928. The average molecular weight is 319 g/mol. The summed E-state index contributed by atoms with van der Waals surface area (Å²) in [5.41, 5.74) is 9.36. The van der Waals surface area contributed by atoms with Gasteiger partial charge in [0, 0.05) is 55.1 Å². The Morgan fingerprint density at radius 2 is 2.04 bits per heavy atom. The summed E-state index contributed by atoms with van der Waals surface area (Å²) in [4.78, 5) is 12.9. The number of hydrogen-bond acceptors (Lipinski definition) is 6. The van der Waals surface area contributed by atoms with E-state index in [0.717, 1.165) is 17.7 Å². The van der Waals surface area contributed by atoms with Crippen molar-refractivity contribution in [2.24, 2.45) is 7.05 Å². The molecule has 0 fully saturated rings. The highest BCUT2D eigenvalue weighted by atomic mass is 15.1. The minimum atomic E-state index is 0.199. The van der Waals surface area contributed by atoms with E-state index in [2.05, 4.69) is 26.3 Å². The summed E-state index contributed by atoms with van der Waals surface area (Å²) in [5, 5.41) is 12.5. The second kappa shape index (κ2) is 6.38. The topological polar surface area (TPSA) is 105 Å². The normalized spacial score (nSPS) is 10.4. The Hall–Kier alpha value is -3.40. The molecule has 0 amide bonds. The molecule has 0 saturated heterocycles. The van der Waals surface area contributed by atoms with Gasteiger partial charge < -0.3 is 15.6 Å². The molecule has 3 aromatic heterocycles. The molecule has 0 atom stereocenters. The standard InChI is InChI=1S/C17H17N7/c1-3-20-17-21-8-12(9-22-17)13-6-15(11-4-5-24(2)10-11)23-16(19)14(13)7-18/h4-6,8-10H,3H2,1-2H3,(H2,19,23)(H,20,21,22). The maximum atomic E-state index is 9.44. The van der Waals surface area contributed by atoms with E-state index in [1.807, 2.05) is 43.1 Å². The monoisotopic (exact) mass is 319 g/mol. The third-order valence-electron chi connectivity index (χ3n) is 3.58. The molecule has 0 aliphatic carbocycles. The number of nitriles is 1. The Kier molecular flexibility index (Phi) is 4.12. The molecule has 7 heteroatoms. The van der Waals surface area contributed by atoms with E-state index < -0.39 is 0 Å². The van der Waals surface area contributed by atoms with E-state index in [1.165, 1.54) is 0 Å². The Morgan fingerprint density at radius 1 is 1.29 bits per heavy atom. The maximum absolute atomic E-state index is 9.44. The van der Waals surface area contributed by atoms with Crippen LogP contribution in [0.4, 0.5) is 11.8 Å². The molecule has 24 heavy (non-hydrogen) atoms. The summed E-state index contributed by atoms with van der Waals surface area (Å²) in [6.45, 7) is 2.71. The van der Waals surface area contributed by atoms with Crippen LogP contribution in [0.2, 0.25) is 0 Å². The largest absolute Gasteiger partial charge is 0.383 e. The third-order valence-corrected chi connectivity index (χ3v) is 3.58. The van der Waals surface area contributed by atoms with Crippen molar-refractivity contribution in [2.75, 3.05) is 17.6 Å². The molecule has 0 bridgehead atoms. The maximum Gasteiger partial charge on any atom is 0.222 e. The summed E-state index contributed by atoms with van der Waals surface area (Å²) in [6, 6.07) is 5.91. The van der Waals surface area contributed by atoms with E-state index >= 15 is 0 Å². The van der Waals surface area contributed by atoms with Gasteiger partial charge >= 0.3 is 0 Å². The van der Waals surface area contributed by atoms with Crippen molar-refractivity contribution < 1.29 is 0 Å². The fourth-order valence-corrected chi connectivity index (χ4v) is 2.43. The number of nitrogens with two attached hydrogens (primary N) is 1. The van der Waals surface area contributed by atoms with Crippen molar-refractivity contribution in [2.45, 2.75) is 6.92 Å². The molecular weight excluding hydrogens is 302 g/mol. The number of nitrogen functional groups attached to an aromatic ring is 1. The first kappa shape index (κ1) is 15.5. The second-order valence-corrected chi connectivity index (χ2v) is 5.32. The van der Waals surface area contributed by atoms with Crippen LogP contribution in [0.25, 0.3) is 22.4 Å². The Bertz CT molecular complexity index is 904. The van der Waals surface area contributed by atoms with E-state index in [-0.39, 0.29) is 5.82 Å². The van der Waals surface area contributed by atoms with Gasteiger partial charge in [-0.3, -0.25) is 0 Å². The predicted molar refractivity (Wildman–Crippen MR) is 93.0 cm³/mol. The number of rotatable bonds is 4. The fraction of sp³-hybridized carbons (Fsp3) is 0.176. The number of aromatic nitrogens is 4. The smallest absolute Gasteiger partial charge is 0.222 e. The minimum absolute atomic E-state index is 0.199. The van der Waals surface area contributed by atoms with Gasteiger partial charge in [0.05, 0.1) is 5.69 Å². The molecule has 0 spiro atoms. The summed E-state index contributed by atoms with van der Waals surface area (Å²) < 4.78 is 1.93. The molecule has 0 radical (unpaired) electrons. The number of nitrogens with one attached hydrogen (secondary N) is 1. The molecule has 3 heterocycles. The lowest BCUT2D eigenvalue weighted by atomic mass is 10.0. The summed E-state index contributed by atoms with van der Waals surface area (Å²) in [5.74, 6) is 0.745. The highest BCUT2D eigenvalue weighted by Gasteiger charge is 2.14. The lowest BCUT2D eigenvalue weighted by Gasteiger charge is -2.09. The minimum Gasteiger partial charge on any atom is -0.383 e.